The molecule has 0 radical (unpaired) electrons. The molecule has 0 aliphatic heterocycles. The van der Waals surface area contributed by atoms with Gasteiger partial charge in [-0.2, -0.15) is 0 Å². The van der Waals surface area contributed by atoms with Gasteiger partial charge in [0.1, 0.15) is 11.5 Å². The minimum atomic E-state index is 0.251. The Morgan fingerprint density at radius 2 is 1.75 bits per heavy atom. The first kappa shape index (κ1) is 15.2. The van der Waals surface area contributed by atoms with Crippen LogP contribution in [0.2, 0.25) is 10.0 Å². The van der Waals surface area contributed by atoms with Crippen molar-refractivity contribution in [1.82, 2.24) is 5.32 Å². The highest BCUT2D eigenvalue weighted by Crippen LogP contribution is 2.33. The number of rotatable bonds is 5. The number of ether oxygens (including phenoxy) is 1. The smallest absolute Gasteiger partial charge is 0.132 e. The third-order valence-corrected chi connectivity index (χ3v) is 3.55. The van der Waals surface area contributed by atoms with Crippen molar-refractivity contribution in [1.29, 1.82) is 0 Å². The molecule has 0 bridgehead atoms. The second-order valence-corrected chi connectivity index (χ2v) is 5.37. The topological polar surface area (TPSA) is 21.3 Å². The molecule has 1 N–H and O–H groups in total. The van der Waals surface area contributed by atoms with Gasteiger partial charge in [0, 0.05) is 21.7 Å². The summed E-state index contributed by atoms with van der Waals surface area (Å²) in [6.45, 7) is 2.13. The molecule has 20 heavy (non-hydrogen) atoms. The maximum atomic E-state index is 6.00. The van der Waals surface area contributed by atoms with Crippen LogP contribution >= 0.6 is 23.2 Å². The molecule has 4 heteroatoms. The molecule has 0 heterocycles. The summed E-state index contributed by atoms with van der Waals surface area (Å²) < 4.78 is 5.95. The first-order valence-corrected chi connectivity index (χ1v) is 7.29. The zero-order valence-electron chi connectivity index (χ0n) is 11.5. The standard InChI is InChI=1S/C16H17Cl2NO/c1-3-15(19-2)14-6-4-5-7-16(14)20-13-9-11(17)8-12(18)10-13/h4-10,15,19H,3H2,1-2H3. The molecule has 0 saturated carbocycles. The fraction of sp³-hybridized carbons (Fsp3) is 0.250. The molecule has 0 fully saturated rings. The summed E-state index contributed by atoms with van der Waals surface area (Å²) in [4.78, 5) is 0. The second-order valence-electron chi connectivity index (χ2n) is 4.49. The molecule has 0 aromatic heterocycles. The van der Waals surface area contributed by atoms with E-state index in [-0.39, 0.29) is 6.04 Å². The van der Waals surface area contributed by atoms with Crippen molar-refractivity contribution in [3.8, 4) is 11.5 Å². The lowest BCUT2D eigenvalue weighted by Crippen LogP contribution is -2.15. The highest BCUT2D eigenvalue weighted by Gasteiger charge is 2.13. The maximum absolute atomic E-state index is 6.00. The van der Waals surface area contributed by atoms with Gasteiger partial charge in [-0.3, -0.25) is 0 Å². The van der Waals surface area contributed by atoms with Crippen LogP contribution in [0.15, 0.2) is 42.5 Å². The van der Waals surface area contributed by atoms with E-state index in [0.29, 0.717) is 15.8 Å². The Morgan fingerprint density at radius 1 is 1.10 bits per heavy atom. The molecule has 2 nitrogen and oxygen atoms in total. The predicted octanol–water partition coefficient (Wildman–Crippen LogP) is 5.46. The zero-order valence-corrected chi connectivity index (χ0v) is 13.0. The number of hydrogen-bond donors (Lipinski definition) is 1. The summed E-state index contributed by atoms with van der Waals surface area (Å²) in [7, 11) is 1.95. The van der Waals surface area contributed by atoms with Crippen LogP contribution in [0.5, 0.6) is 11.5 Å². The van der Waals surface area contributed by atoms with Crippen molar-refractivity contribution in [3.05, 3.63) is 58.1 Å². The second kappa shape index (κ2) is 6.98. The van der Waals surface area contributed by atoms with Crippen molar-refractivity contribution < 1.29 is 4.74 Å². The summed E-state index contributed by atoms with van der Waals surface area (Å²) >= 11 is 12.0. The van der Waals surface area contributed by atoms with Crippen LogP contribution in [0.3, 0.4) is 0 Å². The number of para-hydroxylation sites is 1. The Kier molecular flexibility index (Phi) is 5.30. The first-order chi connectivity index (χ1) is 9.63. The van der Waals surface area contributed by atoms with Gasteiger partial charge in [0.15, 0.2) is 0 Å². The molecule has 0 aliphatic rings. The van der Waals surface area contributed by atoms with Gasteiger partial charge in [0.2, 0.25) is 0 Å². The third kappa shape index (κ3) is 3.66. The summed E-state index contributed by atoms with van der Waals surface area (Å²) in [6.07, 6.45) is 0.979. The Hall–Kier alpha value is -1.22. The summed E-state index contributed by atoms with van der Waals surface area (Å²) in [5, 5.41) is 4.41. The SMILES string of the molecule is CCC(NC)c1ccccc1Oc1cc(Cl)cc(Cl)c1. The van der Waals surface area contributed by atoms with Crippen LogP contribution in [0.1, 0.15) is 24.9 Å². The molecule has 0 spiro atoms. The van der Waals surface area contributed by atoms with E-state index < -0.39 is 0 Å². The van der Waals surface area contributed by atoms with Crippen LogP contribution < -0.4 is 10.1 Å². The largest absolute Gasteiger partial charge is 0.457 e. The maximum Gasteiger partial charge on any atom is 0.132 e. The van der Waals surface area contributed by atoms with Crippen LogP contribution in [0.25, 0.3) is 0 Å². The molecule has 2 aromatic rings. The van der Waals surface area contributed by atoms with E-state index in [1.807, 2.05) is 25.2 Å². The van der Waals surface area contributed by atoms with E-state index in [1.54, 1.807) is 18.2 Å². The summed E-state index contributed by atoms with van der Waals surface area (Å²) in [5.74, 6) is 1.45. The molecule has 0 saturated heterocycles. The highest BCUT2D eigenvalue weighted by molar-refractivity contribution is 6.34. The fourth-order valence-electron chi connectivity index (χ4n) is 2.16. The zero-order chi connectivity index (χ0) is 14.5. The quantitative estimate of drug-likeness (QED) is 0.792. The molecule has 2 rings (SSSR count). The van der Waals surface area contributed by atoms with E-state index in [0.717, 1.165) is 17.7 Å². The minimum Gasteiger partial charge on any atom is -0.457 e. The Morgan fingerprint density at radius 3 is 2.35 bits per heavy atom. The number of hydrogen-bond acceptors (Lipinski definition) is 2. The van der Waals surface area contributed by atoms with Crippen molar-refractivity contribution in [2.45, 2.75) is 19.4 Å². The predicted molar refractivity (Wildman–Crippen MR) is 85.1 cm³/mol. The van der Waals surface area contributed by atoms with E-state index in [4.69, 9.17) is 27.9 Å². The van der Waals surface area contributed by atoms with Crippen LogP contribution in [-0.4, -0.2) is 7.05 Å². The van der Waals surface area contributed by atoms with Crippen LogP contribution in [0.4, 0.5) is 0 Å². The monoisotopic (exact) mass is 309 g/mol. The van der Waals surface area contributed by atoms with Crippen molar-refractivity contribution in [2.24, 2.45) is 0 Å². The van der Waals surface area contributed by atoms with Gasteiger partial charge in [-0.25, -0.2) is 0 Å². The number of halogens is 2. The molecule has 1 atom stereocenters. The normalized spacial score (nSPS) is 12.2. The molecule has 2 aromatic carbocycles. The van der Waals surface area contributed by atoms with Crippen LogP contribution in [-0.2, 0) is 0 Å². The molecule has 0 aliphatic carbocycles. The molecule has 106 valence electrons. The van der Waals surface area contributed by atoms with Crippen molar-refractivity contribution in [2.75, 3.05) is 7.05 Å². The Bertz CT molecular complexity index is 562. The number of nitrogens with one attached hydrogen (secondary N) is 1. The van der Waals surface area contributed by atoms with E-state index in [2.05, 4.69) is 18.3 Å². The van der Waals surface area contributed by atoms with Gasteiger partial charge in [-0.15, -0.1) is 0 Å². The fourth-order valence-corrected chi connectivity index (χ4v) is 2.66. The summed E-state index contributed by atoms with van der Waals surface area (Å²) in [6, 6.07) is 13.4. The average Bonchev–Trinajstić information content (AvgIpc) is 2.41. The Balaban J connectivity index is 2.33. The van der Waals surface area contributed by atoms with Gasteiger partial charge < -0.3 is 10.1 Å². The van der Waals surface area contributed by atoms with Gasteiger partial charge >= 0.3 is 0 Å². The van der Waals surface area contributed by atoms with Gasteiger partial charge in [-0.1, -0.05) is 48.3 Å². The van der Waals surface area contributed by atoms with Crippen molar-refractivity contribution in [3.63, 3.8) is 0 Å². The molecular weight excluding hydrogens is 293 g/mol. The van der Waals surface area contributed by atoms with E-state index in [9.17, 15) is 0 Å². The summed E-state index contributed by atoms with van der Waals surface area (Å²) in [5.41, 5.74) is 1.12. The van der Waals surface area contributed by atoms with Gasteiger partial charge in [0.25, 0.3) is 0 Å². The van der Waals surface area contributed by atoms with E-state index in [1.165, 1.54) is 0 Å². The minimum absolute atomic E-state index is 0.251. The lowest BCUT2D eigenvalue weighted by atomic mass is 10.0. The molecular formula is C16H17Cl2NO. The Labute approximate surface area is 129 Å². The lowest BCUT2D eigenvalue weighted by Gasteiger charge is -2.18. The van der Waals surface area contributed by atoms with Gasteiger partial charge in [-0.05, 0) is 37.7 Å². The first-order valence-electron chi connectivity index (χ1n) is 6.54. The lowest BCUT2D eigenvalue weighted by molar-refractivity contribution is 0.459. The van der Waals surface area contributed by atoms with E-state index >= 15 is 0 Å². The van der Waals surface area contributed by atoms with Crippen molar-refractivity contribution >= 4 is 23.2 Å². The highest BCUT2D eigenvalue weighted by atomic mass is 35.5. The van der Waals surface area contributed by atoms with Gasteiger partial charge in [0.05, 0.1) is 0 Å². The molecule has 0 amide bonds. The molecule has 1 unspecified atom stereocenters. The number of benzene rings is 2. The third-order valence-electron chi connectivity index (χ3n) is 3.12. The van der Waals surface area contributed by atoms with Crippen LogP contribution in [0, 0.1) is 0 Å². The average molecular weight is 310 g/mol.